The minimum atomic E-state index is -0.637. The lowest BCUT2D eigenvalue weighted by Gasteiger charge is -2.07. The Morgan fingerprint density at radius 2 is 2.05 bits per heavy atom. The Bertz CT molecular complexity index is 618. The first-order valence-electron chi connectivity index (χ1n) is 5.51. The molecule has 1 amide bonds. The molecule has 0 aliphatic heterocycles. The smallest absolute Gasteiger partial charge is 0.258 e. The molecule has 98 valence electrons. The molecule has 19 heavy (non-hydrogen) atoms. The number of alkyl halides is 1. The maximum absolute atomic E-state index is 13.6. The molecule has 0 aliphatic rings. The van der Waals surface area contributed by atoms with Crippen LogP contribution in [0.15, 0.2) is 42.5 Å². The molecule has 0 saturated heterocycles. The highest BCUT2D eigenvalue weighted by Crippen LogP contribution is 2.18. The average molecular weight is 343 g/mol. The van der Waals surface area contributed by atoms with Gasteiger partial charge in [0.2, 0.25) is 0 Å². The lowest BCUT2D eigenvalue weighted by molar-refractivity contribution is 0.102. The van der Waals surface area contributed by atoms with Crippen molar-refractivity contribution < 1.29 is 9.18 Å². The first-order chi connectivity index (χ1) is 9.10. The fourth-order valence-electron chi connectivity index (χ4n) is 1.60. The number of rotatable bonds is 3. The summed E-state index contributed by atoms with van der Waals surface area (Å²) in [6, 6.07) is 11.3. The van der Waals surface area contributed by atoms with Crippen molar-refractivity contribution in [3.8, 4) is 0 Å². The number of amides is 1. The van der Waals surface area contributed by atoms with Gasteiger partial charge in [-0.1, -0.05) is 39.7 Å². The third-order valence-electron chi connectivity index (χ3n) is 2.51. The fourth-order valence-corrected chi connectivity index (χ4v) is 2.11. The van der Waals surface area contributed by atoms with E-state index < -0.39 is 11.7 Å². The van der Waals surface area contributed by atoms with E-state index in [1.54, 1.807) is 6.07 Å². The average Bonchev–Trinajstić information content (AvgIpc) is 2.38. The second-order valence-corrected chi connectivity index (χ2v) is 4.91. The summed E-state index contributed by atoms with van der Waals surface area (Å²) < 4.78 is 13.6. The van der Waals surface area contributed by atoms with Crippen LogP contribution in [0.2, 0.25) is 5.02 Å². The normalized spacial score (nSPS) is 10.3. The molecule has 1 N–H and O–H groups in total. The Balaban J connectivity index is 2.20. The number of benzene rings is 2. The van der Waals surface area contributed by atoms with E-state index in [1.165, 1.54) is 12.1 Å². The van der Waals surface area contributed by atoms with E-state index in [0.717, 1.165) is 11.6 Å². The molecular weight excluding hydrogens is 333 g/mol. The number of nitrogens with one attached hydrogen (secondary N) is 1. The Kier molecular flexibility index (Phi) is 4.56. The minimum Gasteiger partial charge on any atom is -0.322 e. The van der Waals surface area contributed by atoms with Crippen LogP contribution in [0.5, 0.6) is 0 Å². The van der Waals surface area contributed by atoms with E-state index in [4.69, 9.17) is 11.6 Å². The fraction of sp³-hybridized carbons (Fsp3) is 0.0714. The second kappa shape index (κ2) is 6.17. The van der Waals surface area contributed by atoms with Crippen LogP contribution in [0.25, 0.3) is 0 Å². The molecule has 0 atom stereocenters. The number of halogens is 3. The molecule has 0 aliphatic carbocycles. The van der Waals surface area contributed by atoms with Gasteiger partial charge in [0.1, 0.15) is 5.82 Å². The van der Waals surface area contributed by atoms with Crippen LogP contribution in [-0.4, -0.2) is 5.91 Å². The molecule has 2 aromatic rings. The van der Waals surface area contributed by atoms with Crippen LogP contribution in [-0.2, 0) is 5.33 Å². The highest BCUT2D eigenvalue weighted by Gasteiger charge is 2.12. The van der Waals surface area contributed by atoms with Crippen molar-refractivity contribution in [2.45, 2.75) is 5.33 Å². The quantitative estimate of drug-likeness (QED) is 0.810. The zero-order valence-electron chi connectivity index (χ0n) is 9.79. The zero-order valence-corrected chi connectivity index (χ0v) is 12.1. The van der Waals surface area contributed by atoms with Gasteiger partial charge in [0.25, 0.3) is 5.91 Å². The van der Waals surface area contributed by atoms with Gasteiger partial charge in [-0.05, 0) is 35.9 Å². The highest BCUT2D eigenvalue weighted by molar-refractivity contribution is 9.08. The Morgan fingerprint density at radius 3 is 2.74 bits per heavy atom. The third kappa shape index (κ3) is 3.55. The van der Waals surface area contributed by atoms with Crippen LogP contribution >= 0.6 is 27.5 Å². The van der Waals surface area contributed by atoms with Gasteiger partial charge >= 0.3 is 0 Å². The van der Waals surface area contributed by atoms with Gasteiger partial charge in [0, 0.05) is 16.0 Å². The zero-order chi connectivity index (χ0) is 13.8. The van der Waals surface area contributed by atoms with E-state index in [1.807, 2.05) is 18.2 Å². The lowest BCUT2D eigenvalue weighted by Crippen LogP contribution is -2.13. The number of carbonyl (C=O) groups excluding carboxylic acids is 1. The van der Waals surface area contributed by atoms with Crippen molar-refractivity contribution in [2.24, 2.45) is 0 Å². The van der Waals surface area contributed by atoms with Crippen molar-refractivity contribution in [2.75, 3.05) is 5.32 Å². The number of anilines is 1. The molecule has 0 radical (unpaired) electrons. The summed E-state index contributed by atoms with van der Waals surface area (Å²) in [4.78, 5) is 11.9. The van der Waals surface area contributed by atoms with Crippen molar-refractivity contribution in [1.82, 2.24) is 0 Å². The van der Waals surface area contributed by atoms with Crippen LogP contribution in [0.1, 0.15) is 15.9 Å². The molecule has 0 unspecified atom stereocenters. The summed E-state index contributed by atoms with van der Waals surface area (Å²) in [6.45, 7) is 0. The Morgan fingerprint density at radius 1 is 1.26 bits per heavy atom. The topological polar surface area (TPSA) is 29.1 Å². The van der Waals surface area contributed by atoms with Crippen molar-refractivity contribution in [1.29, 1.82) is 0 Å². The summed E-state index contributed by atoms with van der Waals surface area (Å²) >= 11 is 8.98. The molecule has 0 fully saturated rings. The van der Waals surface area contributed by atoms with E-state index in [2.05, 4.69) is 21.2 Å². The molecule has 5 heteroatoms. The lowest BCUT2D eigenvalue weighted by atomic mass is 10.2. The van der Waals surface area contributed by atoms with Gasteiger partial charge in [0.15, 0.2) is 0 Å². The van der Waals surface area contributed by atoms with Crippen LogP contribution in [0.4, 0.5) is 10.1 Å². The molecule has 2 aromatic carbocycles. The van der Waals surface area contributed by atoms with Gasteiger partial charge < -0.3 is 5.32 Å². The Labute approximate surface area is 123 Å². The molecule has 0 spiro atoms. The third-order valence-corrected chi connectivity index (χ3v) is 3.40. The summed E-state index contributed by atoms with van der Waals surface area (Å²) in [6.07, 6.45) is 0. The molecule has 2 rings (SSSR count). The molecule has 0 aromatic heterocycles. The maximum atomic E-state index is 13.6. The Hall–Kier alpha value is -1.39. The molecule has 0 bridgehead atoms. The van der Waals surface area contributed by atoms with Gasteiger partial charge in [0.05, 0.1) is 5.56 Å². The van der Waals surface area contributed by atoms with Gasteiger partial charge in [-0.3, -0.25) is 4.79 Å². The van der Waals surface area contributed by atoms with Crippen molar-refractivity contribution >= 4 is 39.1 Å². The summed E-state index contributed by atoms with van der Waals surface area (Å²) in [5, 5.41) is 3.60. The molecule has 0 heterocycles. The number of hydrogen-bond donors (Lipinski definition) is 1. The molecule has 0 saturated carbocycles. The van der Waals surface area contributed by atoms with E-state index in [0.29, 0.717) is 11.0 Å². The van der Waals surface area contributed by atoms with Crippen LogP contribution < -0.4 is 5.32 Å². The van der Waals surface area contributed by atoms with Gasteiger partial charge in [-0.15, -0.1) is 0 Å². The van der Waals surface area contributed by atoms with Crippen molar-refractivity contribution in [3.63, 3.8) is 0 Å². The molecule has 2 nitrogen and oxygen atoms in total. The summed E-state index contributed by atoms with van der Waals surface area (Å²) in [7, 11) is 0. The first-order valence-corrected chi connectivity index (χ1v) is 7.01. The standard InChI is InChI=1S/C14H10BrClFNO/c15-8-9-2-1-3-11(6-9)18-14(19)12-5-4-10(16)7-13(12)17/h1-7H,8H2,(H,18,19). The second-order valence-electron chi connectivity index (χ2n) is 3.91. The largest absolute Gasteiger partial charge is 0.322 e. The first kappa shape index (κ1) is 14.0. The predicted octanol–water partition coefficient (Wildman–Crippen LogP) is 4.63. The predicted molar refractivity (Wildman–Crippen MR) is 78.4 cm³/mol. The minimum absolute atomic E-state index is 0.0337. The van der Waals surface area contributed by atoms with E-state index in [-0.39, 0.29) is 10.6 Å². The van der Waals surface area contributed by atoms with E-state index in [9.17, 15) is 9.18 Å². The monoisotopic (exact) mass is 341 g/mol. The SMILES string of the molecule is O=C(Nc1cccc(CBr)c1)c1ccc(Cl)cc1F. The molecular formula is C14H10BrClFNO. The van der Waals surface area contributed by atoms with Crippen molar-refractivity contribution in [3.05, 3.63) is 64.4 Å². The summed E-state index contributed by atoms with van der Waals surface area (Å²) in [5.74, 6) is -1.14. The summed E-state index contributed by atoms with van der Waals surface area (Å²) in [5.41, 5.74) is 1.61. The highest BCUT2D eigenvalue weighted by atomic mass is 79.9. The van der Waals surface area contributed by atoms with Gasteiger partial charge in [-0.25, -0.2) is 4.39 Å². The van der Waals surface area contributed by atoms with E-state index >= 15 is 0 Å². The van der Waals surface area contributed by atoms with Crippen LogP contribution in [0.3, 0.4) is 0 Å². The van der Waals surface area contributed by atoms with Gasteiger partial charge in [-0.2, -0.15) is 0 Å². The number of hydrogen-bond acceptors (Lipinski definition) is 1. The van der Waals surface area contributed by atoms with Crippen LogP contribution in [0, 0.1) is 5.82 Å². The number of carbonyl (C=O) groups is 1. The maximum Gasteiger partial charge on any atom is 0.258 e.